The summed E-state index contributed by atoms with van der Waals surface area (Å²) in [6.07, 6.45) is 1.51. The first-order valence-electron chi connectivity index (χ1n) is 5.15. The van der Waals surface area contributed by atoms with E-state index >= 15 is 0 Å². The van der Waals surface area contributed by atoms with Gasteiger partial charge in [0.15, 0.2) is 5.82 Å². The molecule has 17 heavy (non-hydrogen) atoms. The molecule has 0 saturated heterocycles. The second-order valence-electron chi connectivity index (χ2n) is 3.18. The third-order valence-electron chi connectivity index (χ3n) is 1.97. The Morgan fingerprint density at radius 2 is 2.18 bits per heavy atom. The monoisotopic (exact) mass is 237 g/mol. The number of hydrazine groups is 1. The number of hydrogen-bond acceptors (Lipinski definition) is 5. The van der Waals surface area contributed by atoms with Crippen molar-refractivity contribution in [2.75, 3.05) is 18.5 Å². The molecule has 7 nitrogen and oxygen atoms in total. The van der Waals surface area contributed by atoms with Crippen LogP contribution in [0.5, 0.6) is 0 Å². The Morgan fingerprint density at radius 3 is 2.82 bits per heavy atom. The van der Waals surface area contributed by atoms with Gasteiger partial charge in [-0.3, -0.25) is 9.59 Å². The van der Waals surface area contributed by atoms with Crippen LogP contribution in [-0.4, -0.2) is 29.9 Å². The topological polar surface area (TPSA) is 109 Å². The molecule has 92 valence electrons. The zero-order valence-electron chi connectivity index (χ0n) is 9.49. The third-order valence-corrected chi connectivity index (χ3v) is 1.97. The number of nitrogen functional groups attached to an aromatic ring is 1. The van der Waals surface area contributed by atoms with Gasteiger partial charge in [-0.25, -0.2) is 10.8 Å². The average Bonchev–Trinajstić information content (AvgIpc) is 2.36. The molecule has 1 rings (SSSR count). The van der Waals surface area contributed by atoms with Gasteiger partial charge >= 0.3 is 0 Å². The Hall–Kier alpha value is -2.15. The number of carbonyl (C=O) groups is 2. The summed E-state index contributed by atoms with van der Waals surface area (Å²) in [5.41, 5.74) is 2.61. The van der Waals surface area contributed by atoms with Gasteiger partial charge in [0.25, 0.3) is 5.91 Å². The smallest absolute Gasteiger partial charge is 0.255 e. The van der Waals surface area contributed by atoms with Crippen LogP contribution in [0.15, 0.2) is 18.3 Å². The van der Waals surface area contributed by atoms with E-state index < -0.39 is 5.91 Å². The Balaban J connectivity index is 2.61. The van der Waals surface area contributed by atoms with E-state index in [1.165, 1.54) is 6.20 Å². The fourth-order valence-corrected chi connectivity index (χ4v) is 1.22. The van der Waals surface area contributed by atoms with Crippen LogP contribution in [0.25, 0.3) is 0 Å². The molecule has 0 aliphatic rings. The van der Waals surface area contributed by atoms with Crippen molar-refractivity contribution >= 4 is 17.6 Å². The summed E-state index contributed by atoms with van der Waals surface area (Å²) in [6.45, 7) is 2.25. The second kappa shape index (κ2) is 6.44. The SMILES string of the molecule is CCNC(=O)CNC(=O)c1cccnc1NN. The van der Waals surface area contributed by atoms with Gasteiger partial charge in [0, 0.05) is 12.7 Å². The standard InChI is InChI=1S/C10H15N5O2/c1-2-12-8(16)6-14-10(17)7-4-3-5-13-9(7)15-11/h3-5H,2,6,11H2,1H3,(H,12,16)(H,13,15)(H,14,17). The van der Waals surface area contributed by atoms with Gasteiger partial charge in [-0.1, -0.05) is 0 Å². The number of amides is 2. The van der Waals surface area contributed by atoms with Crippen molar-refractivity contribution in [3.63, 3.8) is 0 Å². The Kier molecular flexibility index (Phi) is 4.89. The van der Waals surface area contributed by atoms with Crippen molar-refractivity contribution in [3.8, 4) is 0 Å². The number of pyridine rings is 1. The Morgan fingerprint density at radius 1 is 1.41 bits per heavy atom. The highest BCUT2D eigenvalue weighted by atomic mass is 16.2. The summed E-state index contributed by atoms with van der Waals surface area (Å²) in [7, 11) is 0. The van der Waals surface area contributed by atoms with Gasteiger partial charge < -0.3 is 16.1 Å². The van der Waals surface area contributed by atoms with Gasteiger partial charge in [0.05, 0.1) is 12.1 Å². The van der Waals surface area contributed by atoms with Crippen molar-refractivity contribution in [2.24, 2.45) is 5.84 Å². The number of nitrogens with two attached hydrogens (primary N) is 1. The van der Waals surface area contributed by atoms with Crippen molar-refractivity contribution in [1.29, 1.82) is 0 Å². The number of hydrogen-bond donors (Lipinski definition) is 4. The minimum absolute atomic E-state index is 0.0778. The van der Waals surface area contributed by atoms with Gasteiger partial charge in [-0.15, -0.1) is 0 Å². The second-order valence-corrected chi connectivity index (χ2v) is 3.18. The summed E-state index contributed by atoms with van der Waals surface area (Å²) in [5, 5.41) is 5.04. The zero-order chi connectivity index (χ0) is 12.7. The molecule has 1 aromatic heterocycles. The quantitative estimate of drug-likeness (QED) is 0.397. The first kappa shape index (κ1) is 12.9. The lowest BCUT2D eigenvalue weighted by Gasteiger charge is -2.08. The van der Waals surface area contributed by atoms with Crippen LogP contribution >= 0.6 is 0 Å². The number of rotatable bonds is 5. The Labute approximate surface area is 98.8 Å². The van der Waals surface area contributed by atoms with Crippen LogP contribution in [0, 0.1) is 0 Å². The van der Waals surface area contributed by atoms with Crippen molar-refractivity contribution in [2.45, 2.75) is 6.92 Å². The minimum Gasteiger partial charge on any atom is -0.355 e. The molecular formula is C10H15N5O2. The highest BCUT2D eigenvalue weighted by Crippen LogP contribution is 2.08. The Bertz CT molecular complexity index is 407. The van der Waals surface area contributed by atoms with Crippen molar-refractivity contribution in [1.82, 2.24) is 15.6 Å². The highest BCUT2D eigenvalue weighted by molar-refractivity contribution is 6.00. The summed E-state index contributed by atoms with van der Waals surface area (Å²) >= 11 is 0. The largest absolute Gasteiger partial charge is 0.355 e. The first-order chi connectivity index (χ1) is 8.19. The van der Waals surface area contributed by atoms with E-state index in [-0.39, 0.29) is 18.3 Å². The molecule has 0 bridgehead atoms. The van der Waals surface area contributed by atoms with Gasteiger partial charge in [-0.2, -0.15) is 0 Å². The first-order valence-corrected chi connectivity index (χ1v) is 5.15. The molecule has 1 aromatic rings. The van der Waals surface area contributed by atoms with E-state index in [1.54, 1.807) is 19.1 Å². The maximum Gasteiger partial charge on any atom is 0.255 e. The maximum absolute atomic E-state index is 11.7. The van der Waals surface area contributed by atoms with Crippen LogP contribution in [0.3, 0.4) is 0 Å². The van der Waals surface area contributed by atoms with E-state index in [4.69, 9.17) is 5.84 Å². The molecule has 0 unspecified atom stereocenters. The maximum atomic E-state index is 11.7. The lowest BCUT2D eigenvalue weighted by Crippen LogP contribution is -2.37. The molecule has 0 aliphatic carbocycles. The van der Waals surface area contributed by atoms with Gasteiger partial charge in [-0.05, 0) is 19.1 Å². The van der Waals surface area contributed by atoms with Crippen LogP contribution < -0.4 is 21.9 Å². The molecular weight excluding hydrogens is 222 g/mol. The molecule has 2 amide bonds. The predicted octanol–water partition coefficient (Wildman–Crippen LogP) is -0.767. The normalized spacial score (nSPS) is 9.53. The molecule has 0 radical (unpaired) electrons. The number of likely N-dealkylation sites (N-methyl/N-ethyl adjacent to an activating group) is 1. The van der Waals surface area contributed by atoms with Crippen LogP contribution in [0.1, 0.15) is 17.3 Å². The van der Waals surface area contributed by atoms with E-state index in [0.717, 1.165) is 0 Å². The van der Waals surface area contributed by atoms with Gasteiger partial charge in [0.2, 0.25) is 5.91 Å². The van der Waals surface area contributed by atoms with E-state index in [1.807, 2.05) is 0 Å². The predicted molar refractivity (Wildman–Crippen MR) is 63.1 cm³/mol. The van der Waals surface area contributed by atoms with E-state index in [9.17, 15) is 9.59 Å². The van der Waals surface area contributed by atoms with Crippen LogP contribution in [0.2, 0.25) is 0 Å². The van der Waals surface area contributed by atoms with Crippen molar-refractivity contribution in [3.05, 3.63) is 23.9 Å². The summed E-state index contributed by atoms with van der Waals surface area (Å²) < 4.78 is 0. The number of carbonyl (C=O) groups excluding carboxylic acids is 2. The highest BCUT2D eigenvalue weighted by Gasteiger charge is 2.11. The fourth-order valence-electron chi connectivity index (χ4n) is 1.22. The molecule has 0 aromatic carbocycles. The zero-order valence-corrected chi connectivity index (χ0v) is 9.49. The van der Waals surface area contributed by atoms with E-state index in [0.29, 0.717) is 12.1 Å². The summed E-state index contributed by atoms with van der Waals surface area (Å²) in [6, 6.07) is 3.18. The van der Waals surface area contributed by atoms with E-state index in [2.05, 4.69) is 21.0 Å². The van der Waals surface area contributed by atoms with Crippen molar-refractivity contribution < 1.29 is 9.59 Å². The third kappa shape index (κ3) is 3.72. The number of anilines is 1. The van der Waals surface area contributed by atoms with Gasteiger partial charge in [0.1, 0.15) is 0 Å². The molecule has 5 N–H and O–H groups in total. The molecule has 0 fully saturated rings. The summed E-state index contributed by atoms with van der Waals surface area (Å²) in [5.74, 6) is 4.84. The lowest BCUT2D eigenvalue weighted by atomic mass is 10.2. The molecule has 0 saturated carbocycles. The molecule has 1 heterocycles. The minimum atomic E-state index is -0.405. The van der Waals surface area contributed by atoms with Crippen LogP contribution in [0.4, 0.5) is 5.82 Å². The molecule has 0 spiro atoms. The molecule has 0 aliphatic heterocycles. The number of aromatic nitrogens is 1. The fraction of sp³-hybridized carbons (Fsp3) is 0.300. The molecule has 7 heteroatoms. The lowest BCUT2D eigenvalue weighted by molar-refractivity contribution is -0.120. The molecule has 0 atom stereocenters. The summed E-state index contributed by atoms with van der Waals surface area (Å²) in [4.78, 5) is 26.7. The average molecular weight is 237 g/mol. The number of nitrogens with one attached hydrogen (secondary N) is 3. The number of nitrogens with zero attached hydrogens (tertiary/aromatic N) is 1. The van der Waals surface area contributed by atoms with Crippen LogP contribution in [-0.2, 0) is 4.79 Å².